The van der Waals surface area contributed by atoms with Crippen molar-refractivity contribution in [1.82, 2.24) is 0 Å². The highest BCUT2D eigenvalue weighted by atomic mass is 16.6. The van der Waals surface area contributed by atoms with Gasteiger partial charge in [0, 0.05) is 19.3 Å². The van der Waals surface area contributed by atoms with E-state index in [1.807, 2.05) is 36.4 Å². The van der Waals surface area contributed by atoms with E-state index in [1.54, 1.807) is 0 Å². The lowest BCUT2D eigenvalue weighted by Crippen LogP contribution is -2.34. The van der Waals surface area contributed by atoms with E-state index in [-0.39, 0.29) is 11.6 Å². The van der Waals surface area contributed by atoms with Gasteiger partial charge in [-0.15, -0.1) is 0 Å². The van der Waals surface area contributed by atoms with E-state index < -0.39 is 0 Å². The number of cyclic esters (lactones) is 1. The minimum Gasteiger partial charge on any atom is -0.458 e. The van der Waals surface area contributed by atoms with Crippen LogP contribution in [-0.2, 0) is 22.4 Å². The molecule has 3 rings (SSSR count). The van der Waals surface area contributed by atoms with Crippen LogP contribution in [0, 0.1) is 0 Å². The van der Waals surface area contributed by atoms with Crippen LogP contribution in [0.5, 0.6) is 0 Å². The molecule has 0 amide bonds. The van der Waals surface area contributed by atoms with Gasteiger partial charge in [-0.1, -0.05) is 60.7 Å². The fourth-order valence-electron chi connectivity index (χ4n) is 2.92. The zero-order valence-corrected chi connectivity index (χ0v) is 11.4. The van der Waals surface area contributed by atoms with Crippen LogP contribution in [-0.4, -0.2) is 11.6 Å². The first-order valence-corrected chi connectivity index (χ1v) is 7.06. The number of benzene rings is 2. The van der Waals surface area contributed by atoms with E-state index in [2.05, 4.69) is 24.3 Å². The van der Waals surface area contributed by atoms with Crippen LogP contribution in [0.4, 0.5) is 0 Å². The largest absolute Gasteiger partial charge is 0.458 e. The molecule has 0 unspecified atom stereocenters. The molecule has 0 aromatic heterocycles. The van der Waals surface area contributed by atoms with Crippen molar-refractivity contribution < 1.29 is 9.53 Å². The summed E-state index contributed by atoms with van der Waals surface area (Å²) in [6.07, 6.45) is 2.90. The average Bonchev–Trinajstić information content (AvgIpc) is 2.82. The Labute approximate surface area is 119 Å². The van der Waals surface area contributed by atoms with Gasteiger partial charge in [-0.3, -0.25) is 4.79 Å². The van der Waals surface area contributed by atoms with E-state index in [0.29, 0.717) is 6.42 Å². The summed E-state index contributed by atoms with van der Waals surface area (Å²) in [5, 5.41) is 0. The third-order valence-corrected chi connectivity index (χ3v) is 3.85. The molecule has 0 N–H and O–H groups in total. The summed E-state index contributed by atoms with van der Waals surface area (Å²) in [5.74, 6) is -0.0723. The van der Waals surface area contributed by atoms with Crippen molar-refractivity contribution in [2.45, 2.75) is 31.3 Å². The highest BCUT2D eigenvalue weighted by Crippen LogP contribution is 2.33. The first kappa shape index (κ1) is 12.9. The Morgan fingerprint density at radius 2 is 1.35 bits per heavy atom. The number of esters is 1. The van der Waals surface area contributed by atoms with Gasteiger partial charge < -0.3 is 4.74 Å². The summed E-state index contributed by atoms with van der Waals surface area (Å²) in [4.78, 5) is 11.6. The molecule has 0 aliphatic carbocycles. The molecule has 1 aliphatic heterocycles. The highest BCUT2D eigenvalue weighted by Gasteiger charge is 2.40. The molecule has 1 fully saturated rings. The third-order valence-electron chi connectivity index (χ3n) is 3.85. The zero-order chi connectivity index (χ0) is 13.8. The number of carbonyl (C=O) groups excluding carboxylic acids is 1. The summed E-state index contributed by atoms with van der Waals surface area (Å²) < 4.78 is 5.72. The van der Waals surface area contributed by atoms with E-state index in [9.17, 15) is 4.79 Å². The minimum atomic E-state index is -0.375. The molecule has 0 bridgehead atoms. The summed E-state index contributed by atoms with van der Waals surface area (Å²) >= 11 is 0. The monoisotopic (exact) mass is 266 g/mol. The average molecular weight is 266 g/mol. The smallest absolute Gasteiger partial charge is 0.306 e. The Balaban J connectivity index is 1.84. The second-order valence-electron chi connectivity index (χ2n) is 5.48. The maximum atomic E-state index is 11.6. The predicted molar refractivity (Wildman–Crippen MR) is 78.3 cm³/mol. The number of carbonyl (C=O) groups is 1. The van der Waals surface area contributed by atoms with Crippen molar-refractivity contribution in [2.75, 3.05) is 0 Å². The number of hydrogen-bond donors (Lipinski definition) is 0. The Morgan fingerprint density at radius 3 is 1.75 bits per heavy atom. The van der Waals surface area contributed by atoms with Crippen molar-refractivity contribution in [3.05, 3.63) is 71.8 Å². The van der Waals surface area contributed by atoms with Crippen molar-refractivity contribution in [1.29, 1.82) is 0 Å². The fraction of sp³-hybridized carbons (Fsp3) is 0.278. The number of rotatable bonds is 4. The van der Waals surface area contributed by atoms with E-state index >= 15 is 0 Å². The first-order valence-electron chi connectivity index (χ1n) is 7.06. The van der Waals surface area contributed by atoms with E-state index in [4.69, 9.17) is 4.74 Å². The molecular weight excluding hydrogens is 248 g/mol. The molecule has 2 aromatic rings. The fourth-order valence-corrected chi connectivity index (χ4v) is 2.92. The van der Waals surface area contributed by atoms with Gasteiger partial charge in [0.1, 0.15) is 5.60 Å². The van der Waals surface area contributed by atoms with Gasteiger partial charge in [0.2, 0.25) is 0 Å². The highest BCUT2D eigenvalue weighted by molar-refractivity contribution is 5.72. The Morgan fingerprint density at radius 1 is 0.850 bits per heavy atom. The van der Waals surface area contributed by atoms with Gasteiger partial charge in [-0.2, -0.15) is 0 Å². The van der Waals surface area contributed by atoms with E-state index in [0.717, 1.165) is 19.3 Å². The van der Waals surface area contributed by atoms with Gasteiger partial charge in [0.15, 0.2) is 0 Å². The Kier molecular flexibility index (Phi) is 3.55. The van der Waals surface area contributed by atoms with Crippen molar-refractivity contribution in [3.63, 3.8) is 0 Å². The lowest BCUT2D eigenvalue weighted by Gasteiger charge is -2.28. The molecule has 0 spiro atoms. The molecule has 1 heterocycles. The minimum absolute atomic E-state index is 0.0723. The second-order valence-corrected chi connectivity index (χ2v) is 5.48. The predicted octanol–water partition coefficient (Wildman–Crippen LogP) is 3.55. The zero-order valence-electron chi connectivity index (χ0n) is 11.4. The summed E-state index contributed by atoms with van der Waals surface area (Å²) in [6.45, 7) is 0. The SMILES string of the molecule is O=C1CCC(Cc2ccccc2)(Cc2ccccc2)O1. The normalized spacial score (nSPS) is 16.9. The molecule has 102 valence electrons. The molecular formula is C18H18O2. The first-order chi connectivity index (χ1) is 9.76. The molecule has 0 saturated carbocycles. The van der Waals surface area contributed by atoms with Gasteiger partial charge in [-0.25, -0.2) is 0 Å². The third kappa shape index (κ3) is 2.90. The van der Waals surface area contributed by atoms with Crippen molar-refractivity contribution in [3.8, 4) is 0 Å². The van der Waals surface area contributed by atoms with Crippen LogP contribution >= 0.6 is 0 Å². The maximum absolute atomic E-state index is 11.6. The van der Waals surface area contributed by atoms with Crippen LogP contribution in [0.15, 0.2) is 60.7 Å². The standard InChI is InChI=1S/C18H18O2/c19-17-11-12-18(20-17,13-15-7-3-1-4-8-15)14-16-9-5-2-6-10-16/h1-10H,11-14H2. The number of ether oxygens (including phenoxy) is 1. The topological polar surface area (TPSA) is 26.3 Å². The van der Waals surface area contributed by atoms with Crippen molar-refractivity contribution >= 4 is 5.97 Å². The summed E-state index contributed by atoms with van der Waals surface area (Å²) in [6, 6.07) is 20.5. The van der Waals surface area contributed by atoms with Crippen LogP contribution in [0.2, 0.25) is 0 Å². The van der Waals surface area contributed by atoms with Crippen LogP contribution < -0.4 is 0 Å². The molecule has 2 nitrogen and oxygen atoms in total. The molecule has 0 atom stereocenters. The maximum Gasteiger partial charge on any atom is 0.306 e. The van der Waals surface area contributed by atoms with Crippen LogP contribution in [0.3, 0.4) is 0 Å². The molecule has 0 radical (unpaired) electrons. The quantitative estimate of drug-likeness (QED) is 0.791. The molecule has 1 aliphatic rings. The second kappa shape index (κ2) is 5.49. The molecule has 2 heteroatoms. The van der Waals surface area contributed by atoms with Gasteiger partial charge in [0.05, 0.1) is 0 Å². The molecule has 20 heavy (non-hydrogen) atoms. The van der Waals surface area contributed by atoms with Crippen molar-refractivity contribution in [2.24, 2.45) is 0 Å². The summed E-state index contributed by atoms with van der Waals surface area (Å²) in [7, 11) is 0. The number of hydrogen-bond acceptors (Lipinski definition) is 2. The van der Waals surface area contributed by atoms with E-state index in [1.165, 1.54) is 11.1 Å². The molecule has 1 saturated heterocycles. The lowest BCUT2D eigenvalue weighted by molar-refractivity contribution is -0.148. The Hall–Kier alpha value is -2.09. The molecule has 2 aromatic carbocycles. The Bertz CT molecular complexity index is 533. The summed E-state index contributed by atoms with van der Waals surface area (Å²) in [5.41, 5.74) is 2.07. The van der Waals surface area contributed by atoms with Crippen LogP contribution in [0.25, 0.3) is 0 Å². The van der Waals surface area contributed by atoms with Gasteiger partial charge in [0.25, 0.3) is 0 Å². The van der Waals surface area contributed by atoms with Crippen LogP contribution in [0.1, 0.15) is 24.0 Å². The van der Waals surface area contributed by atoms with Gasteiger partial charge in [-0.05, 0) is 17.5 Å². The lowest BCUT2D eigenvalue weighted by atomic mass is 9.86. The van der Waals surface area contributed by atoms with Gasteiger partial charge >= 0.3 is 5.97 Å².